The average Bonchev–Trinajstić information content (AvgIpc) is 2.36. The maximum Gasteiger partial charge on any atom is 0.246 e. The standard InChI is InChI=1S/C16H30N2O2/c1-6-8-13-15(19)17-14(12(4)5)16(20)18(13)10-7-9-11(2)3/h11-14H,6-10H2,1-5H3,(H,17,19). The Morgan fingerprint density at radius 1 is 1.20 bits per heavy atom. The number of carbonyl (C=O) groups excluding carboxylic acids is 2. The highest BCUT2D eigenvalue weighted by Gasteiger charge is 2.40. The summed E-state index contributed by atoms with van der Waals surface area (Å²) < 4.78 is 0. The van der Waals surface area contributed by atoms with Gasteiger partial charge in [-0.1, -0.05) is 41.0 Å². The van der Waals surface area contributed by atoms with E-state index in [1.807, 2.05) is 18.7 Å². The molecule has 0 saturated carbocycles. The Hall–Kier alpha value is -1.06. The Labute approximate surface area is 123 Å². The molecular formula is C16H30N2O2. The average molecular weight is 282 g/mol. The van der Waals surface area contributed by atoms with Gasteiger partial charge in [-0.15, -0.1) is 0 Å². The molecule has 0 radical (unpaired) electrons. The van der Waals surface area contributed by atoms with Crippen molar-refractivity contribution in [2.45, 2.75) is 72.4 Å². The second-order valence-corrected chi connectivity index (χ2v) is 6.60. The summed E-state index contributed by atoms with van der Waals surface area (Å²) >= 11 is 0. The molecule has 0 spiro atoms. The van der Waals surface area contributed by atoms with Gasteiger partial charge in [0.25, 0.3) is 0 Å². The van der Waals surface area contributed by atoms with Crippen LogP contribution in [0.5, 0.6) is 0 Å². The van der Waals surface area contributed by atoms with Crippen molar-refractivity contribution in [1.82, 2.24) is 10.2 Å². The quantitative estimate of drug-likeness (QED) is 0.780. The first kappa shape index (κ1) is 17.0. The van der Waals surface area contributed by atoms with E-state index in [1.165, 1.54) is 0 Å². The highest BCUT2D eigenvalue weighted by atomic mass is 16.2. The lowest BCUT2D eigenvalue weighted by Gasteiger charge is -2.40. The molecule has 2 amide bonds. The van der Waals surface area contributed by atoms with Crippen LogP contribution in [0.1, 0.15) is 60.3 Å². The van der Waals surface area contributed by atoms with Crippen molar-refractivity contribution >= 4 is 11.8 Å². The molecule has 1 saturated heterocycles. The minimum atomic E-state index is -0.352. The predicted octanol–water partition coefficient (Wildman–Crippen LogP) is 2.57. The third-order valence-electron chi connectivity index (χ3n) is 3.94. The van der Waals surface area contributed by atoms with Crippen LogP contribution in [0.25, 0.3) is 0 Å². The maximum absolute atomic E-state index is 12.6. The number of piperazine rings is 1. The predicted molar refractivity (Wildman–Crippen MR) is 81.2 cm³/mol. The van der Waals surface area contributed by atoms with Crippen molar-refractivity contribution in [3.8, 4) is 0 Å². The van der Waals surface area contributed by atoms with E-state index in [0.29, 0.717) is 12.5 Å². The largest absolute Gasteiger partial charge is 0.342 e. The molecular weight excluding hydrogens is 252 g/mol. The number of amides is 2. The zero-order chi connectivity index (χ0) is 15.3. The SMILES string of the molecule is CCCC1C(=O)NC(C(C)C)C(=O)N1CCCC(C)C. The number of nitrogens with one attached hydrogen (secondary N) is 1. The fourth-order valence-electron chi connectivity index (χ4n) is 2.73. The zero-order valence-corrected chi connectivity index (χ0v) is 13.6. The lowest BCUT2D eigenvalue weighted by Crippen LogP contribution is -2.64. The van der Waals surface area contributed by atoms with Crippen LogP contribution in [0.2, 0.25) is 0 Å². The van der Waals surface area contributed by atoms with E-state index in [4.69, 9.17) is 0 Å². The molecule has 4 heteroatoms. The summed E-state index contributed by atoms with van der Waals surface area (Å²) in [6.45, 7) is 11.1. The fourth-order valence-corrected chi connectivity index (χ4v) is 2.73. The smallest absolute Gasteiger partial charge is 0.246 e. The van der Waals surface area contributed by atoms with Crippen LogP contribution in [0, 0.1) is 11.8 Å². The molecule has 20 heavy (non-hydrogen) atoms. The molecule has 0 aliphatic carbocycles. The van der Waals surface area contributed by atoms with Gasteiger partial charge in [-0.3, -0.25) is 9.59 Å². The molecule has 2 unspecified atom stereocenters. The van der Waals surface area contributed by atoms with Gasteiger partial charge in [-0.05, 0) is 31.1 Å². The Kier molecular flexibility index (Phi) is 6.50. The molecule has 116 valence electrons. The van der Waals surface area contributed by atoms with Gasteiger partial charge in [0.2, 0.25) is 11.8 Å². The van der Waals surface area contributed by atoms with Crippen LogP contribution in [-0.2, 0) is 9.59 Å². The maximum atomic E-state index is 12.6. The number of carbonyl (C=O) groups is 2. The summed E-state index contributed by atoms with van der Waals surface area (Å²) in [6.07, 6.45) is 3.74. The molecule has 0 aromatic carbocycles. The second kappa shape index (κ2) is 7.65. The topological polar surface area (TPSA) is 49.4 Å². The lowest BCUT2D eigenvalue weighted by molar-refractivity contribution is -0.151. The van der Waals surface area contributed by atoms with E-state index in [1.54, 1.807) is 0 Å². The Morgan fingerprint density at radius 3 is 2.35 bits per heavy atom. The summed E-state index contributed by atoms with van der Waals surface area (Å²) in [7, 11) is 0. The molecule has 0 aromatic heterocycles. The molecule has 2 atom stereocenters. The summed E-state index contributed by atoms with van der Waals surface area (Å²) in [5.74, 6) is 0.896. The van der Waals surface area contributed by atoms with Crippen molar-refractivity contribution in [2.75, 3.05) is 6.54 Å². The third kappa shape index (κ3) is 4.22. The number of rotatable bonds is 7. The fraction of sp³-hybridized carbons (Fsp3) is 0.875. The van der Waals surface area contributed by atoms with Crippen molar-refractivity contribution < 1.29 is 9.59 Å². The van der Waals surface area contributed by atoms with Crippen LogP contribution in [0.15, 0.2) is 0 Å². The number of hydrogen-bond acceptors (Lipinski definition) is 2. The summed E-state index contributed by atoms with van der Waals surface area (Å²) in [6, 6.07) is -0.621. The minimum absolute atomic E-state index is 0.0229. The second-order valence-electron chi connectivity index (χ2n) is 6.60. The van der Waals surface area contributed by atoms with E-state index < -0.39 is 0 Å². The monoisotopic (exact) mass is 282 g/mol. The van der Waals surface area contributed by atoms with Crippen LogP contribution < -0.4 is 5.32 Å². The van der Waals surface area contributed by atoms with Gasteiger partial charge in [0.1, 0.15) is 12.1 Å². The Morgan fingerprint density at radius 2 is 1.85 bits per heavy atom. The van der Waals surface area contributed by atoms with Crippen LogP contribution in [0.4, 0.5) is 0 Å². The highest BCUT2D eigenvalue weighted by molar-refractivity contribution is 5.97. The van der Waals surface area contributed by atoms with Crippen molar-refractivity contribution in [3.63, 3.8) is 0 Å². The molecule has 0 aromatic rings. The first-order valence-corrected chi connectivity index (χ1v) is 7.99. The molecule has 0 bridgehead atoms. The van der Waals surface area contributed by atoms with Gasteiger partial charge in [0.15, 0.2) is 0 Å². The third-order valence-corrected chi connectivity index (χ3v) is 3.94. The van der Waals surface area contributed by atoms with E-state index in [0.717, 1.165) is 25.7 Å². The first-order valence-electron chi connectivity index (χ1n) is 7.99. The molecule has 1 heterocycles. The molecule has 1 aliphatic heterocycles. The highest BCUT2D eigenvalue weighted by Crippen LogP contribution is 2.20. The van der Waals surface area contributed by atoms with E-state index in [-0.39, 0.29) is 29.8 Å². The number of nitrogens with zero attached hydrogens (tertiary/aromatic N) is 1. The van der Waals surface area contributed by atoms with Crippen molar-refractivity contribution in [1.29, 1.82) is 0 Å². The molecule has 1 fully saturated rings. The molecule has 1 aliphatic rings. The van der Waals surface area contributed by atoms with Crippen LogP contribution in [-0.4, -0.2) is 35.3 Å². The van der Waals surface area contributed by atoms with E-state index >= 15 is 0 Å². The molecule has 4 nitrogen and oxygen atoms in total. The molecule has 1 N–H and O–H groups in total. The van der Waals surface area contributed by atoms with Crippen molar-refractivity contribution in [2.24, 2.45) is 11.8 Å². The zero-order valence-electron chi connectivity index (χ0n) is 13.6. The summed E-state index contributed by atoms with van der Waals surface area (Å²) in [4.78, 5) is 26.7. The van der Waals surface area contributed by atoms with E-state index in [9.17, 15) is 9.59 Å². The Balaban J connectivity index is 2.78. The first-order chi connectivity index (χ1) is 9.38. The van der Waals surface area contributed by atoms with Crippen LogP contribution >= 0.6 is 0 Å². The number of hydrogen-bond donors (Lipinski definition) is 1. The van der Waals surface area contributed by atoms with Gasteiger partial charge in [0, 0.05) is 6.54 Å². The van der Waals surface area contributed by atoms with Gasteiger partial charge in [0.05, 0.1) is 0 Å². The van der Waals surface area contributed by atoms with Gasteiger partial charge >= 0.3 is 0 Å². The van der Waals surface area contributed by atoms with Crippen molar-refractivity contribution in [3.05, 3.63) is 0 Å². The Bertz CT molecular complexity index is 339. The van der Waals surface area contributed by atoms with Gasteiger partial charge in [-0.25, -0.2) is 0 Å². The van der Waals surface area contributed by atoms with E-state index in [2.05, 4.69) is 26.1 Å². The molecule has 1 rings (SSSR count). The normalized spacial score (nSPS) is 23.6. The lowest BCUT2D eigenvalue weighted by atomic mass is 9.95. The summed E-state index contributed by atoms with van der Waals surface area (Å²) in [5, 5.41) is 2.90. The van der Waals surface area contributed by atoms with Crippen LogP contribution in [0.3, 0.4) is 0 Å². The van der Waals surface area contributed by atoms with Gasteiger partial charge in [-0.2, -0.15) is 0 Å². The minimum Gasteiger partial charge on any atom is -0.342 e. The van der Waals surface area contributed by atoms with Gasteiger partial charge < -0.3 is 10.2 Å². The summed E-state index contributed by atoms with van der Waals surface area (Å²) in [5.41, 5.74) is 0.